The van der Waals surface area contributed by atoms with E-state index in [1.165, 1.54) is 18.9 Å². The van der Waals surface area contributed by atoms with Crippen LogP contribution in [0.5, 0.6) is 0 Å². The summed E-state index contributed by atoms with van der Waals surface area (Å²) in [7, 11) is 0. The van der Waals surface area contributed by atoms with Crippen LogP contribution in [-0.2, 0) is 14.3 Å². The molecule has 0 spiro atoms. The van der Waals surface area contributed by atoms with E-state index in [9.17, 15) is 9.59 Å². The van der Waals surface area contributed by atoms with Crippen molar-refractivity contribution in [3.8, 4) is 0 Å². The Kier molecular flexibility index (Phi) is 5.17. The van der Waals surface area contributed by atoms with Crippen LogP contribution in [0.3, 0.4) is 0 Å². The Morgan fingerprint density at radius 1 is 1.03 bits per heavy atom. The molecule has 5 rings (SSSR count). The van der Waals surface area contributed by atoms with E-state index in [-0.39, 0.29) is 12.1 Å². The first kappa shape index (κ1) is 18.9. The highest BCUT2D eigenvalue weighted by Crippen LogP contribution is 2.43. The minimum atomic E-state index is -0.254. The van der Waals surface area contributed by atoms with E-state index in [0.29, 0.717) is 29.8 Å². The normalized spacial score (nSPS) is 34.6. The highest BCUT2D eigenvalue weighted by molar-refractivity contribution is 5.87. The third kappa shape index (κ3) is 3.85. The summed E-state index contributed by atoms with van der Waals surface area (Å²) in [6, 6.07) is 10.7. The minimum Gasteiger partial charge on any atom is -0.459 e. The Hall–Kier alpha value is -2.14. The lowest BCUT2D eigenvalue weighted by atomic mass is 9.70. The molecule has 29 heavy (non-hydrogen) atoms. The first-order chi connectivity index (χ1) is 14.2. The van der Waals surface area contributed by atoms with E-state index in [2.05, 4.69) is 9.80 Å². The molecule has 2 bridgehead atoms. The van der Waals surface area contributed by atoms with Gasteiger partial charge < -0.3 is 9.64 Å². The summed E-state index contributed by atoms with van der Waals surface area (Å²) < 4.78 is 5.79. The maximum Gasteiger partial charge on any atom is 0.331 e. The molecule has 1 aromatic carbocycles. The van der Waals surface area contributed by atoms with Crippen molar-refractivity contribution in [1.82, 2.24) is 9.80 Å². The number of hydrogen-bond acceptors (Lipinski definition) is 4. The lowest BCUT2D eigenvalue weighted by Gasteiger charge is -2.57. The van der Waals surface area contributed by atoms with Crippen LogP contribution in [0.4, 0.5) is 0 Å². The van der Waals surface area contributed by atoms with Crippen LogP contribution in [0, 0.1) is 11.8 Å². The molecule has 4 aliphatic rings. The summed E-state index contributed by atoms with van der Waals surface area (Å²) in [5.74, 6) is 1.25. The number of amides is 1. The molecular formula is C24H30N2O3. The summed E-state index contributed by atoms with van der Waals surface area (Å²) in [4.78, 5) is 29.6. The highest BCUT2D eigenvalue weighted by Gasteiger charge is 2.49. The Bertz CT molecular complexity index is 793. The number of esters is 1. The predicted molar refractivity (Wildman–Crippen MR) is 111 cm³/mol. The number of fused-ring (bicyclic) bond motifs is 6. The molecule has 4 saturated heterocycles. The van der Waals surface area contributed by atoms with E-state index in [1.54, 1.807) is 0 Å². The van der Waals surface area contributed by atoms with Crippen LogP contribution < -0.4 is 0 Å². The Morgan fingerprint density at radius 2 is 1.86 bits per heavy atom. The largest absolute Gasteiger partial charge is 0.459 e. The monoisotopic (exact) mass is 394 g/mol. The van der Waals surface area contributed by atoms with Crippen molar-refractivity contribution in [2.75, 3.05) is 19.6 Å². The van der Waals surface area contributed by atoms with Crippen molar-refractivity contribution in [2.24, 2.45) is 11.8 Å². The van der Waals surface area contributed by atoms with Gasteiger partial charge in [-0.2, -0.15) is 0 Å². The van der Waals surface area contributed by atoms with Crippen molar-refractivity contribution in [2.45, 2.75) is 56.7 Å². The number of ether oxygens (including phenoxy) is 1. The van der Waals surface area contributed by atoms with E-state index in [4.69, 9.17) is 4.74 Å². The molecule has 4 heterocycles. The zero-order chi connectivity index (χ0) is 19.8. The summed E-state index contributed by atoms with van der Waals surface area (Å²) in [6.45, 7) is 3.00. The Balaban J connectivity index is 1.21. The number of rotatable bonds is 3. The van der Waals surface area contributed by atoms with Gasteiger partial charge in [0.1, 0.15) is 6.10 Å². The summed E-state index contributed by atoms with van der Waals surface area (Å²) >= 11 is 0. The van der Waals surface area contributed by atoms with E-state index < -0.39 is 0 Å². The van der Waals surface area contributed by atoms with Gasteiger partial charge in [0.05, 0.1) is 0 Å². The first-order valence-corrected chi connectivity index (χ1v) is 11.1. The topological polar surface area (TPSA) is 49.9 Å². The van der Waals surface area contributed by atoms with Gasteiger partial charge in [-0.15, -0.1) is 0 Å². The van der Waals surface area contributed by atoms with Gasteiger partial charge >= 0.3 is 5.97 Å². The number of carbonyl (C=O) groups excluding carboxylic acids is 2. The number of benzene rings is 1. The molecule has 0 unspecified atom stereocenters. The maximum absolute atomic E-state index is 12.5. The Labute approximate surface area is 172 Å². The maximum atomic E-state index is 12.5. The second-order valence-electron chi connectivity index (χ2n) is 9.15. The average Bonchev–Trinajstić information content (AvgIpc) is 2.74. The number of carbonyl (C=O) groups is 2. The fraction of sp³-hybridized carbons (Fsp3) is 0.583. The van der Waals surface area contributed by atoms with Crippen LogP contribution in [0.1, 0.15) is 44.1 Å². The molecule has 0 aromatic heterocycles. The lowest BCUT2D eigenvalue weighted by molar-refractivity contribution is -0.155. The molecule has 0 N–H and O–H groups in total. The molecule has 1 aromatic rings. The Morgan fingerprint density at radius 3 is 2.72 bits per heavy atom. The van der Waals surface area contributed by atoms with Gasteiger partial charge in [-0.05, 0) is 49.2 Å². The van der Waals surface area contributed by atoms with Crippen LogP contribution in [0.15, 0.2) is 36.4 Å². The van der Waals surface area contributed by atoms with E-state index in [1.807, 2.05) is 36.4 Å². The van der Waals surface area contributed by atoms with Crippen LogP contribution in [0.25, 0.3) is 6.08 Å². The van der Waals surface area contributed by atoms with Gasteiger partial charge in [-0.3, -0.25) is 9.69 Å². The van der Waals surface area contributed by atoms with Crippen molar-refractivity contribution in [3.63, 3.8) is 0 Å². The van der Waals surface area contributed by atoms with Crippen molar-refractivity contribution in [3.05, 3.63) is 42.0 Å². The van der Waals surface area contributed by atoms with Crippen molar-refractivity contribution < 1.29 is 14.3 Å². The summed E-state index contributed by atoms with van der Waals surface area (Å²) in [6.07, 6.45) is 9.32. The third-order valence-electron chi connectivity index (χ3n) is 7.41. The molecule has 5 heteroatoms. The van der Waals surface area contributed by atoms with E-state index in [0.717, 1.165) is 50.9 Å². The molecule has 0 radical (unpaired) electrons. The zero-order valence-electron chi connectivity index (χ0n) is 16.9. The molecule has 4 aliphatic heterocycles. The van der Waals surface area contributed by atoms with Gasteiger partial charge in [-0.1, -0.05) is 30.3 Å². The van der Waals surface area contributed by atoms with Crippen LogP contribution in [0.2, 0.25) is 0 Å². The van der Waals surface area contributed by atoms with Gasteiger partial charge in [0.2, 0.25) is 5.91 Å². The first-order valence-electron chi connectivity index (χ1n) is 11.1. The van der Waals surface area contributed by atoms with Gasteiger partial charge in [0, 0.05) is 50.6 Å². The molecule has 4 fully saturated rings. The average molecular weight is 395 g/mol. The van der Waals surface area contributed by atoms with Crippen molar-refractivity contribution in [1.29, 1.82) is 0 Å². The molecule has 1 amide bonds. The van der Waals surface area contributed by atoms with Gasteiger partial charge in [0.25, 0.3) is 0 Å². The number of piperidine rings is 4. The molecule has 0 saturated carbocycles. The molecular weight excluding hydrogens is 364 g/mol. The zero-order valence-corrected chi connectivity index (χ0v) is 16.9. The summed E-state index contributed by atoms with van der Waals surface area (Å²) in [5, 5.41) is 0. The lowest BCUT2D eigenvalue weighted by Crippen LogP contribution is -2.65. The van der Waals surface area contributed by atoms with Gasteiger partial charge in [0.15, 0.2) is 0 Å². The summed E-state index contributed by atoms with van der Waals surface area (Å²) in [5.41, 5.74) is 1.00. The third-order valence-corrected chi connectivity index (χ3v) is 7.41. The second-order valence-corrected chi connectivity index (χ2v) is 9.15. The van der Waals surface area contributed by atoms with E-state index >= 15 is 0 Å². The fourth-order valence-electron chi connectivity index (χ4n) is 6.09. The molecule has 0 aliphatic carbocycles. The SMILES string of the molecule is O=C(/C=C/c1ccccc1)O[C@H]1CCN2C[C@@H]3C[C@@H](CN4C(=O)CCC[C@H]34)[C@@H]2C1. The van der Waals surface area contributed by atoms with Gasteiger partial charge in [-0.25, -0.2) is 4.79 Å². The number of hydrogen-bond donors (Lipinski definition) is 0. The molecule has 5 atom stereocenters. The molecule has 154 valence electrons. The smallest absolute Gasteiger partial charge is 0.331 e. The fourth-order valence-corrected chi connectivity index (χ4v) is 6.09. The predicted octanol–water partition coefficient (Wildman–Crippen LogP) is 3.11. The highest BCUT2D eigenvalue weighted by atomic mass is 16.5. The quantitative estimate of drug-likeness (QED) is 0.584. The second kappa shape index (κ2) is 7.94. The molecule has 5 nitrogen and oxygen atoms in total. The minimum absolute atomic E-state index is 0.0181. The van der Waals surface area contributed by atoms with Crippen molar-refractivity contribution >= 4 is 18.0 Å². The van der Waals surface area contributed by atoms with Crippen LogP contribution in [-0.4, -0.2) is 59.5 Å². The number of nitrogens with zero attached hydrogens (tertiary/aromatic N) is 2. The van der Waals surface area contributed by atoms with Crippen LogP contribution >= 0.6 is 0 Å². The standard InChI is InChI=1S/C24H30N2O3/c27-23-8-4-7-21-18-13-19(16-26(21)23)22-14-20(11-12-25(22)15-18)29-24(28)10-9-17-5-2-1-3-6-17/h1-3,5-6,9-10,18-22H,4,7-8,11-16H2/b10-9+/t18-,19-,20-,21+,22-/m0/s1.